The lowest BCUT2D eigenvalue weighted by Crippen LogP contribution is -2.66. The Morgan fingerprint density at radius 3 is 1.06 bits per heavy atom. The molecule has 12 N–H and O–H groups in total. The fourth-order valence-corrected chi connectivity index (χ4v) is 13.4. The van der Waals surface area contributed by atoms with Gasteiger partial charge < -0.3 is 89.9 Å². The predicted octanol–water partition coefficient (Wildman–Crippen LogP) is 13.8. The minimum atomic E-state index is -1.98. The van der Waals surface area contributed by atoms with Crippen LogP contribution in [0.3, 0.4) is 0 Å². The second-order valence-corrected chi connectivity index (χ2v) is 28.9. The smallest absolute Gasteiger partial charge is 0.220 e. The van der Waals surface area contributed by atoms with Crippen LogP contribution < -0.4 is 5.32 Å². The van der Waals surface area contributed by atoms with E-state index in [1.54, 1.807) is 6.08 Å². The first-order valence-corrected chi connectivity index (χ1v) is 40.8. The summed E-state index contributed by atoms with van der Waals surface area (Å²) in [4.78, 5) is 13.5. The van der Waals surface area contributed by atoms with E-state index in [1.807, 2.05) is 6.08 Å². The highest BCUT2D eigenvalue weighted by Gasteiger charge is 2.54. The quantitative estimate of drug-likeness (QED) is 0.0199. The highest BCUT2D eigenvalue weighted by Crippen LogP contribution is 2.33. The predicted molar refractivity (Wildman–Crippen MR) is 406 cm³/mol. The maximum atomic E-state index is 13.5. The van der Waals surface area contributed by atoms with E-state index >= 15 is 0 Å². The summed E-state index contributed by atoms with van der Waals surface area (Å²) < 4.78 is 34.5. The Bertz CT molecular complexity index is 2170. The van der Waals surface area contributed by atoms with Crippen molar-refractivity contribution < 1.29 is 89.4 Å². The van der Waals surface area contributed by atoms with Gasteiger partial charge in [-0.1, -0.05) is 311 Å². The summed E-state index contributed by atoms with van der Waals surface area (Å²) in [7, 11) is 0. The van der Waals surface area contributed by atoms with E-state index < -0.39 is 124 Å². The number of ether oxygens (including phenoxy) is 6. The molecule has 17 atom stereocenters. The first-order valence-electron chi connectivity index (χ1n) is 40.8. The van der Waals surface area contributed by atoms with Gasteiger partial charge in [0.15, 0.2) is 18.9 Å². The third kappa shape index (κ3) is 42.5. The van der Waals surface area contributed by atoms with Gasteiger partial charge in [0.2, 0.25) is 5.91 Å². The number of unbranched alkanes of at least 4 members (excludes halogenated alkanes) is 36. The van der Waals surface area contributed by atoms with E-state index in [4.69, 9.17) is 28.4 Å². The average molecular weight is 1450 g/mol. The van der Waals surface area contributed by atoms with Crippen molar-refractivity contribution in [3.8, 4) is 0 Å². The molecule has 0 bridgehead atoms. The molecular formula is C83H147NO18. The van der Waals surface area contributed by atoms with Crippen molar-refractivity contribution in [2.75, 3.05) is 26.4 Å². The first kappa shape index (κ1) is 93.2. The molecule has 0 aromatic heterocycles. The van der Waals surface area contributed by atoms with Gasteiger partial charge in [-0.25, -0.2) is 0 Å². The summed E-state index contributed by atoms with van der Waals surface area (Å²) >= 11 is 0. The molecule has 17 unspecified atom stereocenters. The van der Waals surface area contributed by atoms with E-state index in [0.29, 0.717) is 6.42 Å². The fourth-order valence-electron chi connectivity index (χ4n) is 13.4. The van der Waals surface area contributed by atoms with Crippen LogP contribution in [0.5, 0.6) is 0 Å². The molecule has 0 saturated carbocycles. The molecule has 0 radical (unpaired) electrons. The SMILES string of the molecule is CC/C=C\C/C=C\C/C=C\C/C=C\C/C=C\C/C=C\CCCCCCCCCCCCCCCCCCCCC(=O)NC(COC1OC(CO)C(OC2OC(CO)C(OC3OC(CO)C(O)C(O)C3O)C(O)C2O)C(O)C1O)C(O)/C=C/CCCCCCCCCCCCCCCCCCCC. The molecule has 3 aliphatic heterocycles. The number of aliphatic hydroxyl groups is 11. The second-order valence-electron chi connectivity index (χ2n) is 28.9. The van der Waals surface area contributed by atoms with E-state index in [9.17, 15) is 61.0 Å². The number of hydrogen-bond acceptors (Lipinski definition) is 18. The minimum absolute atomic E-state index is 0.242. The van der Waals surface area contributed by atoms with E-state index in [1.165, 1.54) is 193 Å². The number of aliphatic hydroxyl groups excluding tert-OH is 11. The van der Waals surface area contributed by atoms with E-state index in [-0.39, 0.29) is 18.9 Å². The van der Waals surface area contributed by atoms with E-state index in [0.717, 1.165) is 83.5 Å². The molecule has 3 heterocycles. The second kappa shape index (κ2) is 63.0. The van der Waals surface area contributed by atoms with Gasteiger partial charge >= 0.3 is 0 Å². The summed E-state index contributed by atoms with van der Waals surface area (Å²) in [6.45, 7) is 1.65. The molecule has 0 spiro atoms. The number of nitrogens with one attached hydrogen (secondary N) is 1. The first-order chi connectivity index (χ1) is 49.8. The van der Waals surface area contributed by atoms with Crippen LogP contribution in [0.25, 0.3) is 0 Å². The Labute approximate surface area is 616 Å². The van der Waals surface area contributed by atoms with Gasteiger partial charge in [0.05, 0.1) is 38.6 Å². The van der Waals surface area contributed by atoms with Crippen LogP contribution in [0, 0.1) is 0 Å². The third-order valence-corrected chi connectivity index (χ3v) is 19.9. The molecule has 3 aliphatic rings. The maximum Gasteiger partial charge on any atom is 0.220 e. The van der Waals surface area contributed by atoms with Crippen LogP contribution in [-0.2, 0) is 33.2 Å². The Morgan fingerprint density at radius 2 is 0.676 bits per heavy atom. The lowest BCUT2D eigenvalue weighted by atomic mass is 9.96. The summed E-state index contributed by atoms with van der Waals surface area (Å²) in [5, 5.41) is 121. The van der Waals surface area contributed by atoms with Gasteiger partial charge in [0, 0.05) is 6.42 Å². The molecule has 19 nitrogen and oxygen atoms in total. The number of hydrogen-bond donors (Lipinski definition) is 12. The van der Waals surface area contributed by atoms with Gasteiger partial charge in [-0.2, -0.15) is 0 Å². The topological polar surface area (TPSA) is 307 Å². The molecular weight excluding hydrogens is 1300 g/mol. The van der Waals surface area contributed by atoms with Gasteiger partial charge in [-0.05, 0) is 70.6 Å². The number of allylic oxidation sites excluding steroid dienone is 13. The van der Waals surface area contributed by atoms with Crippen LogP contribution in [0.2, 0.25) is 0 Å². The van der Waals surface area contributed by atoms with Crippen LogP contribution in [0.4, 0.5) is 0 Å². The van der Waals surface area contributed by atoms with Crippen molar-refractivity contribution in [1.82, 2.24) is 5.32 Å². The van der Waals surface area contributed by atoms with Crippen molar-refractivity contribution in [2.45, 2.75) is 407 Å². The van der Waals surface area contributed by atoms with Crippen molar-refractivity contribution >= 4 is 5.91 Å². The van der Waals surface area contributed by atoms with Gasteiger partial charge in [0.1, 0.15) is 73.2 Å². The number of amides is 1. The molecule has 102 heavy (non-hydrogen) atoms. The minimum Gasteiger partial charge on any atom is -0.394 e. The molecule has 0 aliphatic carbocycles. The maximum absolute atomic E-state index is 13.5. The monoisotopic (exact) mass is 1450 g/mol. The third-order valence-electron chi connectivity index (χ3n) is 19.9. The molecule has 19 heteroatoms. The zero-order chi connectivity index (χ0) is 73.9. The van der Waals surface area contributed by atoms with Crippen LogP contribution in [0.1, 0.15) is 303 Å². The van der Waals surface area contributed by atoms with Gasteiger partial charge in [-0.15, -0.1) is 0 Å². The van der Waals surface area contributed by atoms with Crippen molar-refractivity contribution in [2.24, 2.45) is 0 Å². The summed E-state index contributed by atoms with van der Waals surface area (Å²) in [6.07, 6.45) is 57.1. The Morgan fingerprint density at radius 1 is 0.363 bits per heavy atom. The molecule has 0 aromatic carbocycles. The molecule has 3 fully saturated rings. The molecule has 3 saturated heterocycles. The van der Waals surface area contributed by atoms with Gasteiger partial charge in [-0.3, -0.25) is 4.79 Å². The Kier molecular flexibility index (Phi) is 57.5. The van der Waals surface area contributed by atoms with Gasteiger partial charge in [0.25, 0.3) is 0 Å². The summed E-state index contributed by atoms with van der Waals surface area (Å²) in [5.74, 6) is -0.273. The number of carbonyl (C=O) groups is 1. The largest absolute Gasteiger partial charge is 0.394 e. The van der Waals surface area contributed by atoms with Crippen molar-refractivity contribution in [3.63, 3.8) is 0 Å². The average Bonchev–Trinajstić information content (AvgIpc) is 0.778. The number of rotatable bonds is 64. The fraction of sp³-hybridized carbons (Fsp3) is 0.819. The zero-order valence-electron chi connectivity index (χ0n) is 63.3. The van der Waals surface area contributed by atoms with E-state index in [2.05, 4.69) is 92.1 Å². The lowest BCUT2D eigenvalue weighted by molar-refractivity contribution is -0.379. The molecule has 592 valence electrons. The summed E-state index contributed by atoms with van der Waals surface area (Å²) in [5.41, 5.74) is 0. The van der Waals surface area contributed by atoms with Crippen LogP contribution >= 0.6 is 0 Å². The molecule has 0 aromatic rings. The highest BCUT2D eigenvalue weighted by molar-refractivity contribution is 5.76. The highest BCUT2D eigenvalue weighted by atomic mass is 16.8. The molecule has 3 rings (SSSR count). The van der Waals surface area contributed by atoms with Crippen LogP contribution in [0.15, 0.2) is 85.1 Å². The Balaban J connectivity index is 1.34. The lowest BCUT2D eigenvalue weighted by Gasteiger charge is -2.48. The number of carbonyl (C=O) groups excluding carboxylic acids is 1. The molecule has 1 amide bonds. The van der Waals surface area contributed by atoms with Crippen molar-refractivity contribution in [1.29, 1.82) is 0 Å². The van der Waals surface area contributed by atoms with Crippen LogP contribution in [-0.4, -0.2) is 193 Å². The summed E-state index contributed by atoms with van der Waals surface area (Å²) in [6, 6.07) is -0.977. The van der Waals surface area contributed by atoms with Crippen molar-refractivity contribution in [3.05, 3.63) is 85.1 Å². The Hall–Kier alpha value is -3.03. The standard InChI is InChI=1S/C83H147NO18/c1-3-5-7-9-11-13-15-17-19-21-23-25-26-27-28-29-30-31-32-33-34-35-36-37-38-39-40-41-43-45-47-49-51-53-55-57-59-61-71(89)84-66(67(88)60-58-56-54-52-50-48-46-44-42-24-22-20-18-16-14-12-10-8-6-4-2)65-97-81-77(95)74(92)79(69(63-86)99-81)102-83-78(96)75(93)80(70(64-87)100-83)101-82-76(94)73(91)72(90)68(62-85)98-82/h5,7,11,13,17,19,23,25,27-28,30-31,58,60,66-70,72-83,85-88,90-96H,3-4,6,8-10,12,14-16,18,20-22,24,26,29,32-57,59,61-65H2,1-2H3,(H,84,89)/b7-5-,13-11-,19-17-,25-23-,28-27-,31-30-,60-58+. The zero-order valence-corrected chi connectivity index (χ0v) is 63.3. The normalized spacial score (nSPS) is 26.6.